The zero-order valence-electron chi connectivity index (χ0n) is 37.5. The van der Waals surface area contributed by atoms with Gasteiger partial charge in [0.2, 0.25) is 0 Å². The molecule has 0 aromatic heterocycles. The predicted octanol–water partition coefficient (Wildman–Crippen LogP) is 17.2. The van der Waals surface area contributed by atoms with E-state index in [4.69, 9.17) is 0 Å². The molecule has 2 aliphatic rings. The molecule has 0 amide bonds. The predicted molar refractivity (Wildman–Crippen MR) is 271 cm³/mol. The lowest BCUT2D eigenvalue weighted by molar-refractivity contribution is 0.660. The van der Waals surface area contributed by atoms with Gasteiger partial charge in [-0.2, -0.15) is 0 Å². The van der Waals surface area contributed by atoms with Crippen molar-refractivity contribution in [2.24, 2.45) is 0 Å². The summed E-state index contributed by atoms with van der Waals surface area (Å²) < 4.78 is 0. The molecule has 0 N–H and O–H groups in total. The van der Waals surface area contributed by atoms with E-state index >= 15 is 0 Å². The van der Waals surface area contributed by atoms with Crippen molar-refractivity contribution >= 4 is 34.1 Å². The highest BCUT2D eigenvalue weighted by Gasteiger charge is 2.37. The van der Waals surface area contributed by atoms with E-state index in [-0.39, 0.29) is 10.8 Å². The van der Waals surface area contributed by atoms with Gasteiger partial charge < -0.3 is 9.80 Å². The minimum absolute atomic E-state index is 0.0746. The number of benzene rings is 9. The van der Waals surface area contributed by atoms with E-state index in [1.165, 1.54) is 77.9 Å². The van der Waals surface area contributed by atoms with Crippen molar-refractivity contribution in [3.63, 3.8) is 0 Å². The molecule has 9 aromatic rings. The second kappa shape index (κ2) is 15.1. The first-order chi connectivity index (χ1) is 31.0. The van der Waals surface area contributed by atoms with Gasteiger partial charge in [-0.1, -0.05) is 172 Å². The van der Waals surface area contributed by atoms with Crippen LogP contribution >= 0.6 is 0 Å². The molecule has 64 heavy (non-hydrogen) atoms. The lowest BCUT2D eigenvalue weighted by atomic mass is 9.82. The third kappa shape index (κ3) is 6.56. The molecular formula is C62H52N2. The maximum absolute atomic E-state index is 2.40. The molecule has 0 radical (unpaired) electrons. The standard InChI is InChI=1S/C62H52N2/c1-41-15-27-47(28-16-41)63(51-35-37-55-53-11-7-9-13-57(53)61(3,4)59(55)39-51)49-31-23-45(24-32-49)43-19-21-44(22-20-43)46-25-33-50(34-26-46)64(48-29-17-42(2)18-30-48)52-36-38-56-54-12-8-10-14-58(54)62(5,6)60(56)40-52/h7-40H,1-6H3. The largest absolute Gasteiger partial charge is 0.310 e. The molecule has 2 heteroatoms. The molecule has 0 spiro atoms. The van der Waals surface area contributed by atoms with Gasteiger partial charge in [0.1, 0.15) is 0 Å². The van der Waals surface area contributed by atoms with E-state index < -0.39 is 0 Å². The molecule has 11 rings (SSSR count). The van der Waals surface area contributed by atoms with Gasteiger partial charge in [-0.15, -0.1) is 0 Å². The zero-order chi connectivity index (χ0) is 43.7. The highest BCUT2D eigenvalue weighted by atomic mass is 15.1. The Morgan fingerprint density at radius 2 is 0.531 bits per heavy atom. The summed E-state index contributed by atoms with van der Waals surface area (Å²) >= 11 is 0. The maximum Gasteiger partial charge on any atom is 0.0465 e. The topological polar surface area (TPSA) is 6.48 Å². The molecular weight excluding hydrogens is 773 g/mol. The van der Waals surface area contributed by atoms with Crippen LogP contribution in [0, 0.1) is 13.8 Å². The first-order valence-corrected chi connectivity index (χ1v) is 22.6. The molecule has 0 heterocycles. The van der Waals surface area contributed by atoms with E-state index in [0.717, 1.165) is 34.1 Å². The van der Waals surface area contributed by atoms with Gasteiger partial charge in [0.25, 0.3) is 0 Å². The Morgan fingerprint density at radius 3 is 0.875 bits per heavy atom. The van der Waals surface area contributed by atoms with Crippen LogP contribution in [-0.2, 0) is 10.8 Å². The number of hydrogen-bond donors (Lipinski definition) is 0. The third-order valence-electron chi connectivity index (χ3n) is 14.0. The van der Waals surface area contributed by atoms with Crippen molar-refractivity contribution < 1.29 is 0 Å². The third-order valence-corrected chi connectivity index (χ3v) is 14.0. The molecule has 0 saturated carbocycles. The van der Waals surface area contributed by atoms with Crippen LogP contribution < -0.4 is 9.80 Å². The molecule has 0 atom stereocenters. The minimum atomic E-state index is -0.0746. The van der Waals surface area contributed by atoms with Crippen molar-refractivity contribution in [2.45, 2.75) is 52.4 Å². The number of anilines is 6. The Hall–Kier alpha value is -7.42. The molecule has 9 aromatic carbocycles. The Bertz CT molecular complexity index is 2970. The second-order valence-corrected chi connectivity index (χ2v) is 18.8. The number of hydrogen-bond acceptors (Lipinski definition) is 2. The smallest absolute Gasteiger partial charge is 0.0465 e. The lowest BCUT2D eigenvalue weighted by Gasteiger charge is -2.28. The summed E-state index contributed by atoms with van der Waals surface area (Å²) in [7, 11) is 0. The van der Waals surface area contributed by atoms with Gasteiger partial charge in [0, 0.05) is 45.0 Å². The van der Waals surface area contributed by atoms with Gasteiger partial charge >= 0.3 is 0 Å². The quantitative estimate of drug-likeness (QED) is 0.151. The van der Waals surface area contributed by atoms with Crippen molar-refractivity contribution in [1.29, 1.82) is 0 Å². The number of fused-ring (bicyclic) bond motifs is 6. The van der Waals surface area contributed by atoms with E-state index in [0.29, 0.717) is 0 Å². The lowest BCUT2D eigenvalue weighted by Crippen LogP contribution is -2.16. The van der Waals surface area contributed by atoms with Crippen LogP contribution in [-0.4, -0.2) is 0 Å². The van der Waals surface area contributed by atoms with Gasteiger partial charge in [-0.25, -0.2) is 0 Å². The molecule has 0 aliphatic heterocycles. The van der Waals surface area contributed by atoms with Crippen LogP contribution in [0.5, 0.6) is 0 Å². The molecule has 0 unspecified atom stereocenters. The Morgan fingerprint density at radius 1 is 0.266 bits per heavy atom. The van der Waals surface area contributed by atoms with E-state index in [2.05, 4.69) is 258 Å². The van der Waals surface area contributed by atoms with Crippen LogP contribution in [0.4, 0.5) is 34.1 Å². The van der Waals surface area contributed by atoms with E-state index in [1.54, 1.807) is 0 Å². The molecule has 2 aliphatic carbocycles. The monoisotopic (exact) mass is 824 g/mol. The van der Waals surface area contributed by atoms with Crippen LogP contribution in [0.25, 0.3) is 44.5 Å². The molecule has 0 bridgehead atoms. The highest BCUT2D eigenvalue weighted by Crippen LogP contribution is 2.52. The average Bonchev–Trinajstić information content (AvgIpc) is 3.70. The summed E-state index contributed by atoms with van der Waals surface area (Å²) in [5.74, 6) is 0. The summed E-state index contributed by atoms with van der Waals surface area (Å²) in [6, 6.07) is 76.5. The second-order valence-electron chi connectivity index (χ2n) is 18.8. The Balaban J connectivity index is 0.873. The molecule has 0 saturated heterocycles. The van der Waals surface area contributed by atoms with Crippen molar-refractivity contribution in [3.8, 4) is 44.5 Å². The summed E-state index contributed by atoms with van der Waals surface area (Å²) in [5.41, 5.74) is 24.9. The van der Waals surface area contributed by atoms with Crippen LogP contribution in [0.1, 0.15) is 61.1 Å². The van der Waals surface area contributed by atoms with Gasteiger partial charge in [0.15, 0.2) is 0 Å². The fraction of sp³-hybridized carbons (Fsp3) is 0.129. The zero-order valence-corrected chi connectivity index (χ0v) is 37.5. The molecule has 2 nitrogen and oxygen atoms in total. The first-order valence-electron chi connectivity index (χ1n) is 22.6. The number of aryl methyl sites for hydroxylation is 2. The SMILES string of the molecule is Cc1ccc(N(c2ccc(-c3ccc(-c4ccc(N(c5ccc(C)cc5)c5ccc6c(c5)C(C)(C)c5ccccc5-6)cc4)cc3)cc2)c2ccc3c(c2)C(C)(C)c2ccccc2-3)cc1. The van der Waals surface area contributed by atoms with Crippen molar-refractivity contribution in [2.75, 3.05) is 9.80 Å². The number of nitrogens with zero attached hydrogens (tertiary/aromatic N) is 2. The Labute approximate surface area is 378 Å². The van der Waals surface area contributed by atoms with Crippen LogP contribution in [0.2, 0.25) is 0 Å². The van der Waals surface area contributed by atoms with Gasteiger partial charge in [0.05, 0.1) is 0 Å². The summed E-state index contributed by atoms with van der Waals surface area (Å²) in [6.07, 6.45) is 0. The normalized spacial score (nSPS) is 13.7. The minimum Gasteiger partial charge on any atom is -0.310 e. The molecule has 0 fully saturated rings. The Kier molecular flexibility index (Phi) is 9.33. The average molecular weight is 825 g/mol. The van der Waals surface area contributed by atoms with E-state index in [9.17, 15) is 0 Å². The fourth-order valence-electron chi connectivity index (χ4n) is 10.4. The van der Waals surface area contributed by atoms with Gasteiger partial charge in [-0.3, -0.25) is 0 Å². The van der Waals surface area contributed by atoms with Crippen molar-refractivity contribution in [1.82, 2.24) is 0 Å². The summed E-state index contributed by atoms with van der Waals surface area (Å²) in [5, 5.41) is 0. The van der Waals surface area contributed by atoms with Crippen LogP contribution in [0.3, 0.4) is 0 Å². The maximum atomic E-state index is 2.40. The number of rotatable bonds is 8. The van der Waals surface area contributed by atoms with Crippen molar-refractivity contribution in [3.05, 3.63) is 240 Å². The highest BCUT2D eigenvalue weighted by molar-refractivity contribution is 5.88. The summed E-state index contributed by atoms with van der Waals surface area (Å²) in [4.78, 5) is 4.78. The summed E-state index contributed by atoms with van der Waals surface area (Å²) in [6.45, 7) is 13.7. The van der Waals surface area contributed by atoms with Gasteiger partial charge in [-0.05, 0) is 153 Å². The fourth-order valence-corrected chi connectivity index (χ4v) is 10.4. The van der Waals surface area contributed by atoms with E-state index in [1.807, 2.05) is 0 Å². The first kappa shape index (κ1) is 39.4. The molecule has 310 valence electrons. The van der Waals surface area contributed by atoms with Crippen LogP contribution in [0.15, 0.2) is 206 Å².